The van der Waals surface area contributed by atoms with E-state index in [9.17, 15) is 22.0 Å². The number of hydrogen-bond donors (Lipinski definition) is 0. The molecule has 0 aliphatic heterocycles. The van der Waals surface area contributed by atoms with Gasteiger partial charge in [-0.3, -0.25) is 0 Å². The molecule has 0 aliphatic carbocycles. The Balaban J connectivity index is 2.67. The molecule has 0 saturated carbocycles. The summed E-state index contributed by atoms with van der Waals surface area (Å²) in [5.74, 6) is -3.65. The molecule has 0 N–H and O–H groups in total. The summed E-state index contributed by atoms with van der Waals surface area (Å²) in [5.41, 5.74) is -0.991. The molecule has 0 spiro atoms. The van der Waals surface area contributed by atoms with E-state index in [-0.39, 0.29) is 26.8 Å². The van der Waals surface area contributed by atoms with Gasteiger partial charge in [0.25, 0.3) is 0 Å². The molecule has 0 radical (unpaired) electrons. The summed E-state index contributed by atoms with van der Waals surface area (Å²) in [6, 6.07) is 2.48. The van der Waals surface area contributed by atoms with E-state index in [1.807, 2.05) is 0 Å². The first-order valence-corrected chi connectivity index (χ1v) is 7.34. The summed E-state index contributed by atoms with van der Waals surface area (Å²) in [4.78, 5) is -0.300. The normalized spacial score (nSPS) is 11.5. The van der Waals surface area contributed by atoms with E-state index >= 15 is 0 Å². The number of hydrogen-bond acceptors (Lipinski definition) is 2. The zero-order valence-electron chi connectivity index (χ0n) is 10.2. The van der Waals surface area contributed by atoms with Gasteiger partial charge in [0.05, 0.1) is 10.5 Å². The topological polar surface area (TPSA) is 28.7 Å². The van der Waals surface area contributed by atoms with E-state index in [1.165, 1.54) is 0 Å². The van der Waals surface area contributed by atoms with Crippen LogP contribution in [0.1, 0.15) is 5.56 Å². The molecule has 0 saturated heterocycles. The van der Waals surface area contributed by atoms with Crippen LogP contribution in [-0.4, -0.2) is 9.28 Å². The molecule has 0 unspecified atom stereocenters. The zero-order chi connectivity index (χ0) is 16.7. The minimum absolute atomic E-state index is 0.168. The van der Waals surface area contributed by atoms with Crippen LogP contribution in [0.15, 0.2) is 27.8 Å². The number of alkyl halides is 3. The molecule has 1 aromatic carbocycles. The maximum absolute atomic E-state index is 13.8. The van der Waals surface area contributed by atoms with Crippen molar-refractivity contribution in [3.63, 3.8) is 0 Å². The van der Waals surface area contributed by atoms with E-state index in [0.717, 1.165) is 10.8 Å². The summed E-state index contributed by atoms with van der Waals surface area (Å²) in [7, 11) is 0. The number of aromatic nitrogens is 1. The van der Waals surface area contributed by atoms with Crippen molar-refractivity contribution in [3.8, 4) is 11.8 Å². The highest BCUT2D eigenvalue weighted by Gasteiger charge is 2.31. The summed E-state index contributed by atoms with van der Waals surface area (Å²) < 4.78 is 63.2. The molecule has 0 aliphatic rings. The molecule has 0 bridgehead atoms. The lowest BCUT2D eigenvalue weighted by Crippen LogP contribution is -2.02. The SMILES string of the molecule is N#Cc1cn(-c2c(F)cc(F)cc2F)c(Br)c1SC(F)(F)Cl. The second kappa shape index (κ2) is 6.10. The van der Waals surface area contributed by atoms with E-state index in [0.29, 0.717) is 12.1 Å². The van der Waals surface area contributed by atoms with Crippen LogP contribution in [0.4, 0.5) is 22.0 Å². The Bertz CT molecular complexity index is 758. The highest BCUT2D eigenvalue weighted by molar-refractivity contribution is 9.10. The molecule has 1 aromatic heterocycles. The maximum Gasteiger partial charge on any atom is 0.375 e. The number of nitrogens with zero attached hydrogens (tertiary/aromatic N) is 2. The molecule has 10 heteroatoms. The quantitative estimate of drug-likeness (QED) is 0.380. The largest absolute Gasteiger partial charge is 0.375 e. The lowest BCUT2D eigenvalue weighted by molar-refractivity contribution is 0.203. The second-order valence-electron chi connectivity index (χ2n) is 3.91. The van der Waals surface area contributed by atoms with Gasteiger partial charge < -0.3 is 4.57 Å². The van der Waals surface area contributed by atoms with Gasteiger partial charge in [-0.05, 0) is 39.3 Å². The van der Waals surface area contributed by atoms with E-state index in [2.05, 4.69) is 15.9 Å². The maximum atomic E-state index is 13.8. The third-order valence-electron chi connectivity index (χ3n) is 2.46. The molecule has 0 amide bonds. The summed E-state index contributed by atoms with van der Waals surface area (Å²) in [5, 5.41) is 8.95. The van der Waals surface area contributed by atoms with Gasteiger partial charge in [0, 0.05) is 18.3 Å². The Morgan fingerprint density at radius 1 is 1.23 bits per heavy atom. The Labute approximate surface area is 138 Å². The molecular formula is C12H3BrClF5N2S. The smallest absolute Gasteiger partial charge is 0.304 e. The van der Waals surface area contributed by atoms with E-state index in [4.69, 9.17) is 16.9 Å². The minimum atomic E-state index is -3.72. The van der Waals surface area contributed by atoms with Crippen molar-refractivity contribution in [2.75, 3.05) is 0 Å². The first-order valence-electron chi connectivity index (χ1n) is 5.35. The van der Waals surface area contributed by atoms with Crippen LogP contribution in [-0.2, 0) is 0 Å². The lowest BCUT2D eigenvalue weighted by atomic mass is 10.3. The van der Waals surface area contributed by atoms with Crippen molar-refractivity contribution in [2.24, 2.45) is 0 Å². The molecule has 0 fully saturated rings. The Morgan fingerprint density at radius 2 is 1.77 bits per heavy atom. The fourth-order valence-electron chi connectivity index (χ4n) is 1.68. The monoisotopic (exact) mass is 416 g/mol. The average Bonchev–Trinajstić information content (AvgIpc) is 2.64. The summed E-state index contributed by atoms with van der Waals surface area (Å²) in [6.07, 6.45) is 0.939. The minimum Gasteiger partial charge on any atom is -0.304 e. The van der Waals surface area contributed by atoms with Crippen LogP contribution < -0.4 is 0 Å². The Hall–Kier alpha value is -1.24. The number of halogens is 7. The Morgan fingerprint density at radius 3 is 2.23 bits per heavy atom. The summed E-state index contributed by atoms with van der Waals surface area (Å²) >= 11 is 7.52. The third kappa shape index (κ3) is 3.39. The number of rotatable bonds is 3. The third-order valence-corrected chi connectivity index (χ3v) is 4.58. The molecule has 1 heterocycles. The molecule has 2 rings (SSSR count). The number of nitriles is 1. The van der Waals surface area contributed by atoms with Crippen LogP contribution in [0.3, 0.4) is 0 Å². The van der Waals surface area contributed by atoms with E-state index < -0.39 is 27.9 Å². The molecule has 116 valence electrons. The fourth-order valence-corrected chi connectivity index (χ4v) is 3.27. The molecular weight excluding hydrogens is 415 g/mol. The van der Waals surface area contributed by atoms with Gasteiger partial charge >= 0.3 is 4.71 Å². The highest BCUT2D eigenvalue weighted by atomic mass is 79.9. The van der Waals surface area contributed by atoms with Gasteiger partial charge in [-0.25, -0.2) is 13.2 Å². The first kappa shape index (κ1) is 17.1. The second-order valence-corrected chi connectivity index (χ2v) is 6.49. The predicted molar refractivity (Wildman–Crippen MR) is 74.7 cm³/mol. The Kier molecular flexibility index (Phi) is 4.75. The van der Waals surface area contributed by atoms with Crippen LogP contribution in [0.5, 0.6) is 0 Å². The van der Waals surface area contributed by atoms with Gasteiger partial charge in [0.15, 0.2) is 11.6 Å². The number of thioether (sulfide) groups is 1. The van der Waals surface area contributed by atoms with Gasteiger partial charge in [-0.15, -0.1) is 0 Å². The molecule has 2 aromatic rings. The fraction of sp³-hybridized carbons (Fsp3) is 0.0833. The first-order chi connectivity index (χ1) is 10.1. The van der Waals surface area contributed by atoms with Crippen LogP contribution in [0, 0.1) is 28.8 Å². The zero-order valence-corrected chi connectivity index (χ0v) is 13.3. The summed E-state index contributed by atoms with van der Waals surface area (Å²) in [6.45, 7) is 0. The molecule has 22 heavy (non-hydrogen) atoms. The predicted octanol–water partition coefficient (Wildman–Crippen LogP) is 5.41. The van der Waals surface area contributed by atoms with Gasteiger partial charge in [0.1, 0.15) is 22.2 Å². The van der Waals surface area contributed by atoms with Gasteiger partial charge in [-0.2, -0.15) is 14.0 Å². The van der Waals surface area contributed by atoms with Gasteiger partial charge in [0.2, 0.25) is 0 Å². The average molecular weight is 418 g/mol. The standard InChI is InChI=1S/C12H3BrClF5N2S/c13-11-10(22-12(14,18)19)5(3-20)4-21(11)9-7(16)1-6(15)2-8(9)17/h1-2,4H. The van der Waals surface area contributed by atoms with Crippen LogP contribution in [0.25, 0.3) is 5.69 Å². The van der Waals surface area contributed by atoms with Gasteiger partial charge in [-0.1, -0.05) is 0 Å². The van der Waals surface area contributed by atoms with Crippen LogP contribution >= 0.6 is 39.3 Å². The van der Waals surface area contributed by atoms with Crippen molar-refractivity contribution in [1.29, 1.82) is 5.26 Å². The van der Waals surface area contributed by atoms with E-state index in [1.54, 1.807) is 6.07 Å². The van der Waals surface area contributed by atoms with Crippen molar-refractivity contribution in [3.05, 3.63) is 45.9 Å². The number of benzene rings is 1. The van der Waals surface area contributed by atoms with Crippen molar-refractivity contribution < 1.29 is 22.0 Å². The van der Waals surface area contributed by atoms with Crippen molar-refractivity contribution in [2.45, 2.75) is 9.61 Å². The van der Waals surface area contributed by atoms with Crippen LogP contribution in [0.2, 0.25) is 0 Å². The lowest BCUT2D eigenvalue weighted by Gasteiger charge is -2.10. The molecule has 2 nitrogen and oxygen atoms in total. The van der Waals surface area contributed by atoms with Crippen molar-refractivity contribution >= 4 is 39.3 Å². The van der Waals surface area contributed by atoms with Crippen molar-refractivity contribution in [1.82, 2.24) is 4.57 Å². The molecule has 0 atom stereocenters. The highest BCUT2D eigenvalue weighted by Crippen LogP contribution is 2.45.